The first kappa shape index (κ1) is 23.1. The number of likely N-dealkylation sites (tertiary alicyclic amines) is 1. The number of ketones is 1. The average Bonchev–Trinajstić information content (AvgIpc) is 2.74. The van der Waals surface area contributed by atoms with Crippen LogP contribution in [-0.4, -0.2) is 58.8 Å². The Labute approximate surface area is 188 Å². The summed E-state index contributed by atoms with van der Waals surface area (Å²) in [7, 11) is 0. The number of carbonyl (C=O) groups is 2. The van der Waals surface area contributed by atoms with Crippen LogP contribution in [0.2, 0.25) is 0 Å². The second-order valence-corrected chi connectivity index (χ2v) is 8.81. The second-order valence-electron chi connectivity index (χ2n) is 8.42. The Balaban J connectivity index is 0.00000256. The van der Waals surface area contributed by atoms with Gasteiger partial charge in [0, 0.05) is 30.6 Å². The molecule has 30 heavy (non-hydrogen) atoms. The molecule has 1 saturated carbocycles. The summed E-state index contributed by atoms with van der Waals surface area (Å²) in [6, 6.07) is 6.03. The van der Waals surface area contributed by atoms with Crippen molar-refractivity contribution in [2.24, 2.45) is 11.8 Å². The number of amides is 1. The Morgan fingerprint density at radius 1 is 1.07 bits per heavy atom. The molecular weight excluding hydrogens is 425 g/mol. The molecule has 3 fully saturated rings. The highest BCUT2D eigenvalue weighted by molar-refractivity contribution is 7.80. The maximum Gasteiger partial charge on any atom is 0.233 e. The number of piperidine rings is 1. The van der Waals surface area contributed by atoms with E-state index in [1.165, 1.54) is 12.1 Å². The van der Waals surface area contributed by atoms with Gasteiger partial charge >= 0.3 is 0 Å². The van der Waals surface area contributed by atoms with E-state index in [-0.39, 0.29) is 47.8 Å². The van der Waals surface area contributed by atoms with Crippen LogP contribution in [0.25, 0.3) is 0 Å². The number of hydrogen-bond donors (Lipinski definition) is 1. The summed E-state index contributed by atoms with van der Waals surface area (Å²) >= 11 is 5.46. The second kappa shape index (κ2) is 10.2. The van der Waals surface area contributed by atoms with E-state index in [1.807, 2.05) is 0 Å². The third kappa shape index (κ3) is 5.01. The van der Waals surface area contributed by atoms with Crippen molar-refractivity contribution in [2.45, 2.75) is 44.6 Å². The molecule has 1 amide bonds. The summed E-state index contributed by atoms with van der Waals surface area (Å²) in [5.41, 5.74) is 0.585. The van der Waals surface area contributed by atoms with Crippen molar-refractivity contribution in [2.75, 3.05) is 26.2 Å². The van der Waals surface area contributed by atoms with E-state index < -0.39 is 0 Å². The average molecular weight is 454 g/mol. The molecule has 3 aliphatic rings. The SMILES string of the molecule is Cl.O=C(c1ccc(F)cc1)C1CCN(CCN2C(=O)C3CCCCC3NC2=S)CC1. The molecule has 2 saturated heterocycles. The Kier molecular flexibility index (Phi) is 7.82. The number of thiocarbonyl (C=S) groups is 1. The molecule has 4 rings (SSSR count). The summed E-state index contributed by atoms with van der Waals surface area (Å²) in [4.78, 5) is 29.5. The first-order chi connectivity index (χ1) is 14.0. The molecule has 2 aliphatic heterocycles. The Bertz CT molecular complexity index is 783. The van der Waals surface area contributed by atoms with Gasteiger partial charge in [0.1, 0.15) is 5.82 Å². The lowest BCUT2D eigenvalue weighted by Crippen LogP contribution is -2.61. The van der Waals surface area contributed by atoms with E-state index in [4.69, 9.17) is 12.2 Å². The van der Waals surface area contributed by atoms with Gasteiger partial charge in [-0.05, 0) is 75.3 Å². The predicted molar refractivity (Wildman–Crippen MR) is 120 cm³/mol. The van der Waals surface area contributed by atoms with Crippen LogP contribution in [0.1, 0.15) is 48.9 Å². The van der Waals surface area contributed by atoms with Crippen LogP contribution in [-0.2, 0) is 4.79 Å². The van der Waals surface area contributed by atoms with Crippen molar-refractivity contribution < 1.29 is 14.0 Å². The minimum Gasteiger partial charge on any atom is -0.359 e. The highest BCUT2D eigenvalue weighted by atomic mass is 35.5. The Hall–Kier alpha value is -1.57. The quantitative estimate of drug-likeness (QED) is 0.547. The third-order valence-corrected chi connectivity index (χ3v) is 6.97. The van der Waals surface area contributed by atoms with Crippen LogP contribution >= 0.6 is 24.6 Å². The predicted octanol–water partition coefficient (Wildman–Crippen LogP) is 3.42. The first-order valence-electron chi connectivity index (χ1n) is 10.7. The fourth-order valence-electron chi connectivity index (χ4n) is 4.86. The maximum absolute atomic E-state index is 13.1. The largest absolute Gasteiger partial charge is 0.359 e. The van der Waals surface area contributed by atoms with Crippen LogP contribution in [0, 0.1) is 17.7 Å². The number of halogens is 2. The Morgan fingerprint density at radius 3 is 2.43 bits per heavy atom. The molecule has 8 heteroatoms. The number of hydrogen-bond acceptors (Lipinski definition) is 4. The van der Waals surface area contributed by atoms with Gasteiger partial charge in [-0.15, -0.1) is 12.4 Å². The van der Waals surface area contributed by atoms with Gasteiger partial charge in [-0.2, -0.15) is 0 Å². The molecule has 164 valence electrons. The van der Waals surface area contributed by atoms with E-state index in [2.05, 4.69) is 10.2 Å². The van der Waals surface area contributed by atoms with Crippen molar-refractivity contribution in [3.05, 3.63) is 35.6 Å². The van der Waals surface area contributed by atoms with Crippen molar-refractivity contribution in [3.8, 4) is 0 Å². The number of nitrogens with one attached hydrogen (secondary N) is 1. The molecule has 5 nitrogen and oxygen atoms in total. The van der Waals surface area contributed by atoms with E-state index >= 15 is 0 Å². The highest BCUT2D eigenvalue weighted by Gasteiger charge is 2.40. The summed E-state index contributed by atoms with van der Waals surface area (Å²) < 4.78 is 13.1. The normalized spacial score (nSPS) is 25.3. The molecule has 1 aromatic rings. The fraction of sp³-hybridized carbons (Fsp3) is 0.591. The van der Waals surface area contributed by atoms with Gasteiger partial charge < -0.3 is 10.2 Å². The monoisotopic (exact) mass is 453 g/mol. The molecule has 0 bridgehead atoms. The van der Waals surface area contributed by atoms with E-state index in [0.29, 0.717) is 17.2 Å². The highest BCUT2D eigenvalue weighted by Crippen LogP contribution is 2.29. The number of fused-ring (bicyclic) bond motifs is 1. The van der Waals surface area contributed by atoms with Gasteiger partial charge in [0.2, 0.25) is 5.91 Å². The van der Waals surface area contributed by atoms with E-state index in [0.717, 1.165) is 58.2 Å². The fourth-order valence-corrected chi connectivity index (χ4v) is 5.19. The lowest BCUT2D eigenvalue weighted by molar-refractivity contribution is -0.135. The summed E-state index contributed by atoms with van der Waals surface area (Å²) in [6.45, 7) is 3.02. The molecule has 0 spiro atoms. The van der Waals surface area contributed by atoms with Crippen LogP contribution in [0.3, 0.4) is 0 Å². The van der Waals surface area contributed by atoms with Crippen LogP contribution in [0.15, 0.2) is 24.3 Å². The number of nitrogens with zero attached hydrogens (tertiary/aromatic N) is 2. The minimum atomic E-state index is -0.324. The summed E-state index contributed by atoms with van der Waals surface area (Å²) in [5.74, 6) is 0.00793. The van der Waals surface area contributed by atoms with Gasteiger partial charge in [0.25, 0.3) is 0 Å². The topological polar surface area (TPSA) is 52.7 Å². The molecule has 2 atom stereocenters. The molecule has 2 heterocycles. The molecule has 1 aliphatic carbocycles. The van der Waals surface area contributed by atoms with Crippen molar-refractivity contribution >= 4 is 41.4 Å². The summed E-state index contributed by atoms with van der Waals surface area (Å²) in [6.07, 6.45) is 5.84. The van der Waals surface area contributed by atoms with Gasteiger partial charge in [-0.3, -0.25) is 14.5 Å². The maximum atomic E-state index is 13.1. The van der Waals surface area contributed by atoms with Crippen molar-refractivity contribution in [3.63, 3.8) is 0 Å². The number of carbonyl (C=O) groups excluding carboxylic acids is 2. The lowest BCUT2D eigenvalue weighted by Gasteiger charge is -2.42. The lowest BCUT2D eigenvalue weighted by atomic mass is 9.82. The number of Topliss-reactive ketones (excluding diaryl/α,β-unsaturated/α-hetero) is 1. The zero-order valence-electron chi connectivity index (χ0n) is 17.0. The molecule has 0 radical (unpaired) electrons. The first-order valence-corrected chi connectivity index (χ1v) is 11.1. The Morgan fingerprint density at radius 2 is 1.73 bits per heavy atom. The smallest absolute Gasteiger partial charge is 0.233 e. The van der Waals surface area contributed by atoms with Gasteiger partial charge in [-0.25, -0.2) is 4.39 Å². The molecular formula is C22H29ClFN3O2S. The van der Waals surface area contributed by atoms with E-state index in [9.17, 15) is 14.0 Å². The molecule has 1 aromatic carbocycles. The van der Waals surface area contributed by atoms with E-state index in [1.54, 1.807) is 17.0 Å². The van der Waals surface area contributed by atoms with Crippen molar-refractivity contribution in [1.82, 2.24) is 15.1 Å². The zero-order valence-corrected chi connectivity index (χ0v) is 18.7. The standard InChI is InChI=1S/C22H28FN3O2S.ClH/c23-17-7-5-15(6-8-17)20(27)16-9-11-25(12-10-16)13-14-26-21(28)18-3-1-2-4-19(18)24-22(26)29;/h5-8,16,18-19H,1-4,9-14H2,(H,24,29);1H. The van der Waals surface area contributed by atoms with Crippen LogP contribution in [0.5, 0.6) is 0 Å². The van der Waals surface area contributed by atoms with Gasteiger partial charge in [-0.1, -0.05) is 12.8 Å². The minimum absolute atomic E-state index is 0. The number of benzene rings is 1. The number of rotatable bonds is 5. The van der Waals surface area contributed by atoms with Crippen LogP contribution in [0.4, 0.5) is 4.39 Å². The van der Waals surface area contributed by atoms with Gasteiger partial charge in [0.05, 0.1) is 5.92 Å². The molecule has 1 N–H and O–H groups in total. The molecule has 0 aromatic heterocycles. The summed E-state index contributed by atoms with van der Waals surface area (Å²) in [5, 5.41) is 3.95. The van der Waals surface area contributed by atoms with Crippen molar-refractivity contribution in [1.29, 1.82) is 0 Å². The van der Waals surface area contributed by atoms with Crippen LogP contribution < -0.4 is 5.32 Å². The zero-order chi connectivity index (χ0) is 20.4. The van der Waals surface area contributed by atoms with Gasteiger partial charge in [0.15, 0.2) is 10.9 Å². The molecule has 2 unspecified atom stereocenters. The third-order valence-electron chi connectivity index (χ3n) is 6.63.